The smallest absolute Gasteiger partial charge is 0.143 e. The summed E-state index contributed by atoms with van der Waals surface area (Å²) in [5.41, 5.74) is 6.60. The van der Waals surface area contributed by atoms with Crippen molar-refractivity contribution in [3.05, 3.63) is 146 Å². The van der Waals surface area contributed by atoms with Crippen LogP contribution in [0.4, 0.5) is 0 Å². The molecule has 0 unspecified atom stereocenters. The molecule has 1 aromatic heterocycles. The Morgan fingerprint density at radius 2 is 0.977 bits per heavy atom. The molecule has 1 heterocycles. The predicted molar refractivity (Wildman–Crippen MR) is 183 cm³/mol. The van der Waals surface area contributed by atoms with Crippen molar-refractivity contribution in [2.75, 3.05) is 0 Å². The third-order valence-corrected chi connectivity index (χ3v) is 9.36. The van der Waals surface area contributed by atoms with Gasteiger partial charge in [0.1, 0.15) is 11.2 Å². The van der Waals surface area contributed by atoms with Crippen LogP contribution in [0.15, 0.2) is 150 Å². The van der Waals surface area contributed by atoms with Gasteiger partial charge in [0, 0.05) is 16.3 Å². The molecule has 0 aliphatic carbocycles. The van der Waals surface area contributed by atoms with E-state index in [0.29, 0.717) is 0 Å². The SMILES string of the molecule is c1ccc2cc3c(cc2c1)oc1c(-c2ccc4ccc5cccc6ccc2c4c56)cc(-c2cccc4ccccc24)cc13. The first-order valence-electron chi connectivity index (χ1n) is 14.8. The van der Waals surface area contributed by atoms with Crippen LogP contribution in [-0.4, -0.2) is 0 Å². The van der Waals surface area contributed by atoms with Crippen molar-refractivity contribution in [3.8, 4) is 22.3 Å². The third kappa shape index (κ3) is 3.22. The van der Waals surface area contributed by atoms with Gasteiger partial charge >= 0.3 is 0 Å². The lowest BCUT2D eigenvalue weighted by molar-refractivity contribution is 0.670. The Morgan fingerprint density at radius 3 is 1.84 bits per heavy atom. The minimum atomic E-state index is 0.919. The molecule has 10 aromatic rings. The van der Waals surface area contributed by atoms with E-state index in [1.807, 2.05) is 0 Å². The molecule has 0 radical (unpaired) electrons. The summed E-state index contributed by atoms with van der Waals surface area (Å²) in [4.78, 5) is 0. The largest absolute Gasteiger partial charge is 0.455 e. The molecule has 0 aliphatic heterocycles. The molecular formula is C42H24O. The summed E-state index contributed by atoms with van der Waals surface area (Å²) in [5.74, 6) is 0. The number of benzene rings is 9. The number of rotatable bonds is 2. The molecule has 0 aliphatic rings. The third-order valence-electron chi connectivity index (χ3n) is 9.36. The van der Waals surface area contributed by atoms with Gasteiger partial charge in [0.15, 0.2) is 0 Å². The van der Waals surface area contributed by atoms with E-state index in [-0.39, 0.29) is 0 Å². The number of hydrogen-bond acceptors (Lipinski definition) is 1. The molecule has 0 saturated heterocycles. The molecule has 0 spiro atoms. The van der Waals surface area contributed by atoms with Crippen LogP contribution in [0.3, 0.4) is 0 Å². The van der Waals surface area contributed by atoms with Gasteiger partial charge in [-0.05, 0) is 94.8 Å². The van der Waals surface area contributed by atoms with Gasteiger partial charge in [0.2, 0.25) is 0 Å². The second-order valence-electron chi connectivity index (χ2n) is 11.7. The molecule has 198 valence electrons. The predicted octanol–water partition coefficient (Wildman–Crippen LogP) is 12.1. The maximum absolute atomic E-state index is 6.81. The van der Waals surface area contributed by atoms with Crippen molar-refractivity contribution in [2.24, 2.45) is 0 Å². The van der Waals surface area contributed by atoms with Crippen molar-refractivity contribution in [1.82, 2.24) is 0 Å². The van der Waals surface area contributed by atoms with E-state index in [2.05, 4.69) is 146 Å². The summed E-state index contributed by atoms with van der Waals surface area (Å²) in [7, 11) is 0. The summed E-state index contributed by atoms with van der Waals surface area (Å²) < 4.78 is 6.81. The Kier molecular flexibility index (Phi) is 4.51. The standard InChI is InChI=1S/C42H24O/c1-2-9-30-24-39-36(21-29(30)8-1)38-23-31(33-14-6-10-25-7-3-4-13-32(25)33)22-37(42(38)43-39)34-19-17-28-16-15-26-11-5-12-27-18-20-35(34)41(28)40(26)27/h1-24H. The summed E-state index contributed by atoms with van der Waals surface area (Å²) in [5, 5.41) is 14.9. The molecule has 0 saturated carbocycles. The topological polar surface area (TPSA) is 13.1 Å². The summed E-state index contributed by atoms with van der Waals surface area (Å²) >= 11 is 0. The summed E-state index contributed by atoms with van der Waals surface area (Å²) in [6, 6.07) is 53.2. The first kappa shape index (κ1) is 23.0. The molecule has 1 nitrogen and oxygen atoms in total. The maximum Gasteiger partial charge on any atom is 0.143 e. The van der Waals surface area contributed by atoms with E-state index < -0.39 is 0 Å². The molecule has 1 heteroatoms. The molecule has 0 atom stereocenters. The van der Waals surface area contributed by atoms with Crippen LogP contribution < -0.4 is 0 Å². The molecule has 0 fully saturated rings. The highest BCUT2D eigenvalue weighted by Crippen LogP contribution is 2.45. The summed E-state index contributed by atoms with van der Waals surface area (Å²) in [6.07, 6.45) is 0. The fraction of sp³-hybridized carbons (Fsp3) is 0. The van der Waals surface area contributed by atoms with Crippen molar-refractivity contribution in [2.45, 2.75) is 0 Å². The lowest BCUT2D eigenvalue weighted by Crippen LogP contribution is -1.89. The van der Waals surface area contributed by atoms with Gasteiger partial charge in [0.05, 0.1) is 0 Å². The zero-order valence-corrected chi connectivity index (χ0v) is 23.3. The van der Waals surface area contributed by atoms with Crippen molar-refractivity contribution < 1.29 is 4.42 Å². The van der Waals surface area contributed by atoms with Gasteiger partial charge in [-0.25, -0.2) is 0 Å². The Morgan fingerprint density at radius 1 is 0.326 bits per heavy atom. The first-order valence-corrected chi connectivity index (χ1v) is 14.8. The normalized spacial score (nSPS) is 12.2. The van der Waals surface area contributed by atoms with E-state index in [0.717, 1.165) is 27.5 Å². The molecule has 0 amide bonds. The fourth-order valence-corrected chi connectivity index (χ4v) is 7.37. The molecule has 9 aromatic carbocycles. The summed E-state index contributed by atoms with van der Waals surface area (Å²) in [6.45, 7) is 0. The lowest BCUT2D eigenvalue weighted by Gasteiger charge is -2.15. The molecule has 43 heavy (non-hydrogen) atoms. The Hall–Kier alpha value is -5.66. The van der Waals surface area contributed by atoms with Crippen LogP contribution in [0.5, 0.6) is 0 Å². The maximum atomic E-state index is 6.81. The van der Waals surface area contributed by atoms with Crippen LogP contribution in [0.1, 0.15) is 0 Å². The van der Waals surface area contributed by atoms with Gasteiger partial charge in [-0.3, -0.25) is 0 Å². The lowest BCUT2D eigenvalue weighted by atomic mass is 9.88. The van der Waals surface area contributed by atoms with Crippen LogP contribution in [0, 0.1) is 0 Å². The van der Waals surface area contributed by atoms with Crippen molar-refractivity contribution in [3.63, 3.8) is 0 Å². The fourth-order valence-electron chi connectivity index (χ4n) is 7.37. The van der Waals surface area contributed by atoms with Gasteiger partial charge in [-0.2, -0.15) is 0 Å². The number of hydrogen-bond donors (Lipinski definition) is 0. The van der Waals surface area contributed by atoms with Crippen LogP contribution in [0.25, 0.3) is 98.1 Å². The van der Waals surface area contributed by atoms with Crippen LogP contribution >= 0.6 is 0 Å². The Balaban J connectivity index is 1.37. The molecule has 0 bridgehead atoms. The van der Waals surface area contributed by atoms with E-state index >= 15 is 0 Å². The highest BCUT2D eigenvalue weighted by molar-refractivity contribution is 6.27. The van der Waals surface area contributed by atoms with Gasteiger partial charge in [-0.15, -0.1) is 0 Å². The van der Waals surface area contributed by atoms with E-state index in [9.17, 15) is 0 Å². The zero-order chi connectivity index (χ0) is 28.1. The van der Waals surface area contributed by atoms with Gasteiger partial charge in [0.25, 0.3) is 0 Å². The minimum Gasteiger partial charge on any atom is -0.455 e. The average molecular weight is 545 g/mol. The molecule has 0 N–H and O–H groups in total. The quantitative estimate of drug-likeness (QED) is 0.197. The highest BCUT2D eigenvalue weighted by Gasteiger charge is 2.19. The van der Waals surface area contributed by atoms with Crippen LogP contribution in [-0.2, 0) is 0 Å². The van der Waals surface area contributed by atoms with E-state index in [1.54, 1.807) is 0 Å². The highest BCUT2D eigenvalue weighted by atomic mass is 16.3. The first-order chi connectivity index (χ1) is 21.3. The second-order valence-corrected chi connectivity index (χ2v) is 11.7. The Bertz CT molecular complexity index is 2700. The van der Waals surface area contributed by atoms with Crippen LogP contribution in [0.2, 0.25) is 0 Å². The van der Waals surface area contributed by atoms with E-state index in [4.69, 9.17) is 4.42 Å². The number of fused-ring (bicyclic) bond motifs is 5. The number of furan rings is 1. The zero-order valence-electron chi connectivity index (χ0n) is 23.3. The monoisotopic (exact) mass is 544 g/mol. The molecule has 10 rings (SSSR count). The second kappa shape index (κ2) is 8.44. The molecular weight excluding hydrogens is 520 g/mol. The van der Waals surface area contributed by atoms with Gasteiger partial charge < -0.3 is 4.42 Å². The van der Waals surface area contributed by atoms with Crippen molar-refractivity contribution >= 4 is 75.8 Å². The average Bonchev–Trinajstić information content (AvgIpc) is 3.42. The van der Waals surface area contributed by atoms with Gasteiger partial charge in [-0.1, -0.05) is 121 Å². The van der Waals surface area contributed by atoms with Crippen molar-refractivity contribution in [1.29, 1.82) is 0 Å². The Labute approximate surface area is 247 Å². The minimum absolute atomic E-state index is 0.919. The van der Waals surface area contributed by atoms with E-state index in [1.165, 1.54) is 70.6 Å².